The maximum absolute atomic E-state index is 8.50. The molecule has 0 saturated carbocycles. The highest BCUT2D eigenvalue weighted by atomic mass is 15.1. The minimum atomic E-state index is 0.449. The summed E-state index contributed by atoms with van der Waals surface area (Å²) in [6.07, 6.45) is 3.46. The Morgan fingerprint density at radius 2 is 1.82 bits per heavy atom. The van der Waals surface area contributed by atoms with Gasteiger partial charge in [0.25, 0.3) is 0 Å². The number of hydrogen-bond acceptors (Lipinski definition) is 2. The summed E-state index contributed by atoms with van der Waals surface area (Å²) < 4.78 is 0. The molecule has 2 heteroatoms. The van der Waals surface area contributed by atoms with Crippen LogP contribution in [-0.2, 0) is 0 Å². The number of hydrogen-bond donors (Lipinski definition) is 0. The molecule has 0 aromatic heterocycles. The first-order chi connectivity index (χ1) is 5.26. The quantitative estimate of drug-likeness (QED) is 0.438. The summed E-state index contributed by atoms with van der Waals surface area (Å²) in [6, 6.07) is 1.97. The van der Waals surface area contributed by atoms with E-state index in [1.807, 2.05) is 6.07 Å². The van der Waals surface area contributed by atoms with Crippen molar-refractivity contribution < 1.29 is 0 Å². The summed E-state index contributed by atoms with van der Waals surface area (Å²) in [6.45, 7) is 12.0. The highest BCUT2D eigenvalue weighted by molar-refractivity contribution is 5.16. The van der Waals surface area contributed by atoms with E-state index in [-0.39, 0.29) is 0 Å². The van der Waals surface area contributed by atoms with Crippen molar-refractivity contribution in [1.82, 2.24) is 4.90 Å². The van der Waals surface area contributed by atoms with Crippen LogP contribution in [0.2, 0.25) is 0 Å². The maximum Gasteiger partial charge on any atom is 0.117 e. The second-order valence-corrected chi connectivity index (χ2v) is 2.04. The lowest BCUT2D eigenvalue weighted by atomic mass is 10.4. The minimum absolute atomic E-state index is 0.449. The van der Waals surface area contributed by atoms with Crippen LogP contribution < -0.4 is 0 Å². The van der Waals surface area contributed by atoms with Crippen molar-refractivity contribution in [3.8, 4) is 6.07 Å². The number of rotatable bonds is 5. The summed E-state index contributed by atoms with van der Waals surface area (Å²) in [7, 11) is 0. The normalized spacial score (nSPS) is 7.91. The Labute approximate surface area is 67.7 Å². The van der Waals surface area contributed by atoms with Crippen molar-refractivity contribution in [3.63, 3.8) is 0 Å². The smallest absolute Gasteiger partial charge is 0.117 e. The molecular formula is C9H12N2. The molecule has 0 aliphatic heterocycles. The molecule has 0 bridgehead atoms. The molecule has 0 aliphatic carbocycles. The van der Waals surface area contributed by atoms with E-state index in [2.05, 4.69) is 19.7 Å². The first-order valence-corrected chi connectivity index (χ1v) is 3.32. The second-order valence-electron chi connectivity index (χ2n) is 2.04. The fraction of sp³-hybridized carbons (Fsp3) is 0.222. The van der Waals surface area contributed by atoms with Gasteiger partial charge < -0.3 is 4.90 Å². The molecule has 0 aromatic carbocycles. The Hall–Kier alpha value is -1.49. The van der Waals surface area contributed by atoms with Gasteiger partial charge in [0.05, 0.1) is 0 Å². The van der Waals surface area contributed by atoms with Crippen LogP contribution in [0.3, 0.4) is 0 Å². The minimum Gasteiger partial charge on any atom is -0.356 e. The Bertz CT molecular complexity index is 188. The van der Waals surface area contributed by atoms with Gasteiger partial charge in [-0.15, -0.1) is 13.2 Å². The predicted molar refractivity (Wildman–Crippen MR) is 46.7 cm³/mol. The van der Waals surface area contributed by atoms with Gasteiger partial charge in [-0.3, -0.25) is 0 Å². The Balaban J connectivity index is 4.09. The molecule has 0 fully saturated rings. The summed E-state index contributed by atoms with van der Waals surface area (Å²) in [5.41, 5.74) is 0.449. The van der Waals surface area contributed by atoms with Gasteiger partial charge in [0.15, 0.2) is 0 Å². The third-order valence-electron chi connectivity index (χ3n) is 1.21. The summed E-state index contributed by atoms with van der Waals surface area (Å²) >= 11 is 0. The van der Waals surface area contributed by atoms with Crippen LogP contribution in [-0.4, -0.2) is 18.0 Å². The largest absolute Gasteiger partial charge is 0.356 e. The van der Waals surface area contributed by atoms with Gasteiger partial charge in [0, 0.05) is 13.1 Å². The average molecular weight is 148 g/mol. The molecule has 11 heavy (non-hydrogen) atoms. The summed E-state index contributed by atoms with van der Waals surface area (Å²) in [5, 5.41) is 8.50. The average Bonchev–Trinajstić information content (AvgIpc) is 2.03. The molecule has 0 heterocycles. The lowest BCUT2D eigenvalue weighted by Crippen LogP contribution is -2.21. The van der Waals surface area contributed by atoms with E-state index in [1.165, 1.54) is 0 Å². The van der Waals surface area contributed by atoms with Crippen LogP contribution in [0.5, 0.6) is 0 Å². The van der Waals surface area contributed by atoms with Gasteiger partial charge in [0.1, 0.15) is 11.8 Å². The second kappa shape index (κ2) is 5.31. The van der Waals surface area contributed by atoms with Crippen LogP contribution in [0.25, 0.3) is 0 Å². The zero-order valence-corrected chi connectivity index (χ0v) is 6.58. The van der Waals surface area contributed by atoms with E-state index in [0.717, 1.165) is 0 Å². The number of allylic oxidation sites excluding steroid dienone is 1. The monoisotopic (exact) mass is 148 g/mol. The molecule has 0 atom stereocenters. The van der Waals surface area contributed by atoms with E-state index in [9.17, 15) is 0 Å². The van der Waals surface area contributed by atoms with E-state index >= 15 is 0 Å². The van der Waals surface area contributed by atoms with Gasteiger partial charge in [0.2, 0.25) is 0 Å². The van der Waals surface area contributed by atoms with Crippen molar-refractivity contribution in [1.29, 1.82) is 5.26 Å². The Kier molecular flexibility index (Phi) is 4.59. The van der Waals surface area contributed by atoms with Gasteiger partial charge in [-0.1, -0.05) is 18.7 Å². The lowest BCUT2D eigenvalue weighted by molar-refractivity contribution is 0.440. The highest BCUT2D eigenvalue weighted by Crippen LogP contribution is 1.99. The van der Waals surface area contributed by atoms with E-state index in [4.69, 9.17) is 5.26 Å². The predicted octanol–water partition coefficient (Wildman–Crippen LogP) is 1.70. The molecule has 58 valence electrons. The molecular weight excluding hydrogens is 136 g/mol. The molecule has 0 N–H and O–H groups in total. The van der Waals surface area contributed by atoms with Crippen LogP contribution in [0.15, 0.2) is 37.6 Å². The standard InChI is InChI=1S/C9H12N2/c1-4-6-11(7-5-2)9(3)8-10/h4-5H,1-3,6-7H2. The van der Waals surface area contributed by atoms with Crippen molar-refractivity contribution in [2.75, 3.05) is 13.1 Å². The van der Waals surface area contributed by atoms with E-state index in [1.54, 1.807) is 17.1 Å². The molecule has 0 aromatic rings. The Morgan fingerprint density at radius 3 is 2.09 bits per heavy atom. The van der Waals surface area contributed by atoms with Gasteiger partial charge in [-0.25, -0.2) is 0 Å². The van der Waals surface area contributed by atoms with Gasteiger partial charge in [-0.2, -0.15) is 5.26 Å². The van der Waals surface area contributed by atoms with Crippen molar-refractivity contribution in [2.24, 2.45) is 0 Å². The summed E-state index contributed by atoms with van der Waals surface area (Å²) in [4.78, 5) is 1.79. The number of nitrogens with zero attached hydrogens (tertiary/aromatic N) is 2. The zero-order chi connectivity index (χ0) is 8.69. The fourth-order valence-electron chi connectivity index (χ4n) is 0.677. The summed E-state index contributed by atoms with van der Waals surface area (Å²) in [5.74, 6) is 0. The molecule has 0 radical (unpaired) electrons. The topological polar surface area (TPSA) is 27.0 Å². The van der Waals surface area contributed by atoms with Crippen LogP contribution in [0.4, 0.5) is 0 Å². The molecule has 2 nitrogen and oxygen atoms in total. The third kappa shape index (κ3) is 3.27. The van der Waals surface area contributed by atoms with Crippen LogP contribution >= 0.6 is 0 Å². The van der Waals surface area contributed by atoms with Gasteiger partial charge >= 0.3 is 0 Å². The molecule has 0 rings (SSSR count). The SMILES string of the molecule is C=CCN(CC=C)C(=C)C#N. The zero-order valence-electron chi connectivity index (χ0n) is 6.58. The highest BCUT2D eigenvalue weighted by Gasteiger charge is 2.00. The van der Waals surface area contributed by atoms with Gasteiger partial charge in [-0.05, 0) is 0 Å². The fourth-order valence-corrected chi connectivity index (χ4v) is 0.677. The molecule has 0 amide bonds. The molecule has 0 saturated heterocycles. The molecule has 0 unspecified atom stereocenters. The van der Waals surface area contributed by atoms with Crippen molar-refractivity contribution in [3.05, 3.63) is 37.6 Å². The lowest BCUT2D eigenvalue weighted by Gasteiger charge is -2.18. The van der Waals surface area contributed by atoms with Crippen molar-refractivity contribution >= 4 is 0 Å². The number of nitriles is 1. The maximum atomic E-state index is 8.50. The molecule has 0 aliphatic rings. The first-order valence-electron chi connectivity index (χ1n) is 3.32. The van der Waals surface area contributed by atoms with E-state index < -0.39 is 0 Å². The third-order valence-corrected chi connectivity index (χ3v) is 1.21. The van der Waals surface area contributed by atoms with E-state index in [0.29, 0.717) is 18.8 Å². The Morgan fingerprint density at radius 1 is 1.36 bits per heavy atom. The van der Waals surface area contributed by atoms with Crippen molar-refractivity contribution in [2.45, 2.75) is 0 Å². The van der Waals surface area contributed by atoms with Crippen LogP contribution in [0.1, 0.15) is 0 Å². The molecule has 0 spiro atoms. The first kappa shape index (κ1) is 9.51. The van der Waals surface area contributed by atoms with Crippen LogP contribution in [0, 0.1) is 11.3 Å².